The van der Waals surface area contributed by atoms with E-state index in [1.165, 1.54) is 4.90 Å². The zero-order valence-corrected chi connectivity index (χ0v) is 26.7. The molecule has 4 fully saturated rings. The normalized spacial score (nSPS) is 26.3. The highest BCUT2D eigenvalue weighted by Gasteiger charge is 2.70. The predicted molar refractivity (Wildman–Crippen MR) is 157 cm³/mol. The van der Waals surface area contributed by atoms with Gasteiger partial charge in [0, 0.05) is 12.6 Å². The molecule has 4 aliphatic rings. The van der Waals surface area contributed by atoms with E-state index in [-0.39, 0.29) is 29.2 Å². The van der Waals surface area contributed by atoms with Crippen LogP contribution in [0.5, 0.6) is 0 Å². The van der Waals surface area contributed by atoms with Crippen molar-refractivity contribution in [1.82, 2.24) is 26.2 Å². The van der Waals surface area contributed by atoms with E-state index in [1.54, 1.807) is 41.5 Å². The lowest BCUT2D eigenvalue weighted by Crippen LogP contribution is -2.62. The molecule has 0 radical (unpaired) electrons. The number of carbonyl (C=O) groups excluding carboxylic acids is 5. The van der Waals surface area contributed by atoms with Crippen LogP contribution in [0, 0.1) is 34.0 Å². The van der Waals surface area contributed by atoms with Gasteiger partial charge in [0.15, 0.2) is 0 Å². The number of hydrogen-bond acceptors (Lipinski definition) is 6. The molecule has 0 bridgehead atoms. The zero-order valence-electron chi connectivity index (χ0n) is 26.7. The van der Waals surface area contributed by atoms with Crippen molar-refractivity contribution in [2.45, 2.75) is 118 Å². The van der Waals surface area contributed by atoms with E-state index >= 15 is 0 Å². The largest absolute Gasteiger partial charge is 0.480 e. The molecule has 1 aliphatic heterocycles. The number of urea groups is 1. The van der Waals surface area contributed by atoms with Crippen molar-refractivity contribution in [3.05, 3.63) is 0 Å². The van der Waals surface area contributed by atoms with Crippen LogP contribution in [0.3, 0.4) is 0 Å². The van der Waals surface area contributed by atoms with Gasteiger partial charge in [0.1, 0.15) is 18.1 Å². The van der Waals surface area contributed by atoms with Gasteiger partial charge in [0.2, 0.25) is 17.6 Å². The monoisotopic (exact) mass is 603 g/mol. The number of hydrogen-bond donors (Lipinski definition) is 5. The summed E-state index contributed by atoms with van der Waals surface area (Å²) in [4.78, 5) is 80.1. The van der Waals surface area contributed by atoms with Crippen molar-refractivity contribution < 1.29 is 33.9 Å². The number of Topliss-reactive ketones (excluding diaryl/α,β-unsaturated/α-hetero) is 1. The van der Waals surface area contributed by atoms with E-state index in [2.05, 4.69) is 21.3 Å². The standard InChI is InChI=1S/C31H49N5O7/c1-29(2,3)22(34-28(43)35-23(27(41)42)30(4,5)6)26(40)36-14-17-19(31(17,7)8)20(36)24(38)33-18(13-15-9-10-15)21(37)25(39)32-16-11-12-16/h15-20,22-23H,9-14H2,1-8H3,(H,32,39)(H,33,38)(H,41,42)(H2,34,35,43)/t17-,18?,19-,20-,22+,23+/m0/s1. The summed E-state index contributed by atoms with van der Waals surface area (Å²) in [5.74, 6) is -3.27. The van der Waals surface area contributed by atoms with Crippen LogP contribution in [0.4, 0.5) is 4.79 Å². The second-order valence-electron chi connectivity index (χ2n) is 15.8. The molecule has 0 aromatic rings. The third-order valence-corrected chi connectivity index (χ3v) is 9.57. The maximum atomic E-state index is 14.1. The van der Waals surface area contributed by atoms with Crippen molar-refractivity contribution >= 4 is 35.5 Å². The molecule has 6 atom stereocenters. The number of ketones is 1. The van der Waals surface area contributed by atoms with Crippen LogP contribution in [0.2, 0.25) is 0 Å². The first-order valence-electron chi connectivity index (χ1n) is 15.5. The number of carboxylic acid groups (broad SMARTS) is 1. The number of aliphatic carboxylic acids is 1. The number of rotatable bonds is 11. The Morgan fingerprint density at radius 3 is 1.91 bits per heavy atom. The quantitative estimate of drug-likeness (QED) is 0.224. The number of likely N-dealkylation sites (tertiary alicyclic amines) is 1. The Kier molecular flexibility index (Phi) is 8.67. The summed E-state index contributed by atoms with van der Waals surface area (Å²) in [5.41, 5.74) is -1.75. The van der Waals surface area contributed by atoms with Crippen molar-refractivity contribution in [3.8, 4) is 0 Å². The Bertz CT molecular complexity index is 1180. The number of amides is 5. The van der Waals surface area contributed by atoms with Crippen molar-refractivity contribution in [2.75, 3.05) is 6.54 Å². The van der Waals surface area contributed by atoms with Crippen LogP contribution in [-0.2, 0) is 24.0 Å². The van der Waals surface area contributed by atoms with Crippen LogP contribution in [0.1, 0.15) is 87.5 Å². The zero-order chi connectivity index (χ0) is 32.2. The molecule has 4 rings (SSSR count). The second-order valence-corrected chi connectivity index (χ2v) is 15.8. The molecule has 1 heterocycles. The molecule has 43 heavy (non-hydrogen) atoms. The van der Waals surface area contributed by atoms with Crippen LogP contribution < -0.4 is 21.3 Å². The van der Waals surface area contributed by atoms with E-state index in [4.69, 9.17) is 0 Å². The lowest BCUT2D eigenvalue weighted by molar-refractivity contribution is -0.145. The molecule has 0 aromatic carbocycles. The molecule has 5 N–H and O–H groups in total. The average Bonchev–Trinajstić information content (AvgIpc) is 3.83. The fourth-order valence-corrected chi connectivity index (χ4v) is 6.40. The summed E-state index contributed by atoms with van der Waals surface area (Å²) in [7, 11) is 0. The topological polar surface area (TPSA) is 174 Å². The van der Waals surface area contributed by atoms with Crippen LogP contribution >= 0.6 is 0 Å². The van der Waals surface area contributed by atoms with Gasteiger partial charge in [0.25, 0.3) is 5.91 Å². The minimum Gasteiger partial charge on any atom is -0.480 e. The lowest BCUT2D eigenvalue weighted by atomic mass is 9.85. The first-order valence-corrected chi connectivity index (χ1v) is 15.5. The van der Waals surface area contributed by atoms with Gasteiger partial charge in [-0.05, 0) is 53.3 Å². The van der Waals surface area contributed by atoms with E-state index in [0.29, 0.717) is 13.0 Å². The summed E-state index contributed by atoms with van der Waals surface area (Å²) in [6.07, 6.45) is 3.93. The lowest BCUT2D eigenvalue weighted by Gasteiger charge is -2.38. The fraction of sp³-hybridized carbons (Fsp3) is 0.806. The van der Waals surface area contributed by atoms with E-state index in [9.17, 15) is 33.9 Å². The molecule has 3 saturated carbocycles. The van der Waals surface area contributed by atoms with E-state index in [0.717, 1.165) is 25.7 Å². The molecular weight excluding hydrogens is 554 g/mol. The highest BCUT2D eigenvalue weighted by Crippen LogP contribution is 2.65. The third kappa shape index (κ3) is 7.32. The molecule has 1 unspecified atom stereocenters. The van der Waals surface area contributed by atoms with Crippen molar-refractivity contribution in [1.29, 1.82) is 0 Å². The number of fused-ring (bicyclic) bond motifs is 1. The number of nitrogens with one attached hydrogen (secondary N) is 4. The Morgan fingerprint density at radius 2 is 1.42 bits per heavy atom. The summed E-state index contributed by atoms with van der Waals surface area (Å²) in [5, 5.41) is 20.4. The van der Waals surface area contributed by atoms with Crippen molar-refractivity contribution in [2.24, 2.45) is 34.0 Å². The fourth-order valence-electron chi connectivity index (χ4n) is 6.40. The minimum absolute atomic E-state index is 0.0119. The second kappa shape index (κ2) is 11.4. The van der Waals surface area contributed by atoms with Gasteiger partial charge >= 0.3 is 12.0 Å². The third-order valence-electron chi connectivity index (χ3n) is 9.57. The number of nitrogens with zero attached hydrogens (tertiary/aromatic N) is 1. The molecular formula is C31H49N5O7. The molecule has 1 saturated heterocycles. The Labute approximate surface area is 253 Å². The van der Waals surface area contributed by atoms with Gasteiger partial charge in [-0.3, -0.25) is 19.2 Å². The van der Waals surface area contributed by atoms with E-state index < -0.39 is 70.5 Å². The van der Waals surface area contributed by atoms with Gasteiger partial charge < -0.3 is 31.3 Å². The van der Waals surface area contributed by atoms with Crippen molar-refractivity contribution in [3.63, 3.8) is 0 Å². The molecule has 240 valence electrons. The number of piperidine rings is 1. The van der Waals surface area contributed by atoms with Crippen LogP contribution in [0.25, 0.3) is 0 Å². The molecule has 0 aromatic heterocycles. The molecule has 3 aliphatic carbocycles. The summed E-state index contributed by atoms with van der Waals surface area (Å²) >= 11 is 0. The van der Waals surface area contributed by atoms with Gasteiger partial charge in [-0.2, -0.15) is 0 Å². The van der Waals surface area contributed by atoms with Gasteiger partial charge in [-0.15, -0.1) is 0 Å². The highest BCUT2D eigenvalue weighted by atomic mass is 16.4. The first kappa shape index (κ1) is 32.7. The SMILES string of the molecule is CC(C)(C)[C@H](NC(=O)N[C@H](C(=O)N1C[C@H]2[C@@H]([C@H]1C(=O)NC(CC1CC1)C(=O)C(=O)NC1CC1)C2(C)C)C(C)(C)C)C(=O)O. The molecule has 5 amide bonds. The summed E-state index contributed by atoms with van der Waals surface area (Å²) < 4.78 is 0. The van der Waals surface area contributed by atoms with Gasteiger partial charge in [0.05, 0.1) is 6.04 Å². The maximum absolute atomic E-state index is 14.1. The average molecular weight is 604 g/mol. The smallest absolute Gasteiger partial charge is 0.326 e. The van der Waals surface area contributed by atoms with E-state index in [1.807, 2.05) is 13.8 Å². The Hall–Kier alpha value is -3.18. The predicted octanol–water partition coefficient (Wildman–Crippen LogP) is 1.82. The molecule has 12 heteroatoms. The summed E-state index contributed by atoms with van der Waals surface area (Å²) in [6.45, 7) is 14.8. The maximum Gasteiger partial charge on any atom is 0.326 e. The number of carbonyl (C=O) groups is 6. The van der Waals surface area contributed by atoms with Gasteiger partial charge in [-0.25, -0.2) is 9.59 Å². The Morgan fingerprint density at radius 1 is 0.860 bits per heavy atom. The Balaban J connectivity index is 1.53. The summed E-state index contributed by atoms with van der Waals surface area (Å²) in [6, 6.07) is -4.88. The number of carboxylic acids is 1. The van der Waals surface area contributed by atoms with Crippen LogP contribution in [0.15, 0.2) is 0 Å². The molecule has 12 nitrogen and oxygen atoms in total. The first-order chi connectivity index (χ1) is 19.7. The van der Waals surface area contributed by atoms with Crippen LogP contribution in [-0.4, -0.2) is 82.3 Å². The minimum atomic E-state index is -1.19. The highest BCUT2D eigenvalue weighted by molar-refractivity contribution is 6.38. The van der Waals surface area contributed by atoms with Gasteiger partial charge in [-0.1, -0.05) is 68.2 Å². The molecule has 0 spiro atoms.